The number of alkyl halides is 3. The molecule has 1 aromatic carbocycles. The molecular formula is C18H19F3N2O. The van der Waals surface area contributed by atoms with Gasteiger partial charge in [0, 0.05) is 31.5 Å². The predicted octanol–water partition coefficient (Wildman–Crippen LogP) is 3.45. The normalized spacial score (nSPS) is 22.0. The predicted molar refractivity (Wildman–Crippen MR) is 84.3 cm³/mol. The first kappa shape index (κ1) is 16.9. The third-order valence-corrected chi connectivity index (χ3v) is 4.44. The molecule has 1 aromatic heterocycles. The largest absolute Gasteiger partial charge is 0.416 e. The van der Waals surface area contributed by atoms with Gasteiger partial charge in [0.05, 0.1) is 11.7 Å². The van der Waals surface area contributed by atoms with Crippen molar-refractivity contribution >= 4 is 0 Å². The molecule has 0 bridgehead atoms. The number of hydrogen-bond donors (Lipinski definition) is 1. The van der Waals surface area contributed by atoms with Crippen LogP contribution < -0.4 is 0 Å². The monoisotopic (exact) mass is 336 g/mol. The number of likely N-dealkylation sites (tertiary alicyclic amines) is 1. The van der Waals surface area contributed by atoms with Gasteiger partial charge in [-0.3, -0.25) is 9.88 Å². The maximum Gasteiger partial charge on any atom is 0.416 e. The summed E-state index contributed by atoms with van der Waals surface area (Å²) in [6.07, 6.45) is 0.0565. The van der Waals surface area contributed by atoms with Crippen LogP contribution in [0.1, 0.15) is 29.2 Å². The standard InChI is InChI=1S/C18H19F3N2O/c19-18(20,21)15-3-1-14(2-4-15)17-11-16(24)12-23(17)10-7-13-5-8-22-9-6-13/h1-6,8-9,16-17,24H,7,10-12H2. The van der Waals surface area contributed by atoms with Gasteiger partial charge in [-0.25, -0.2) is 0 Å². The Hall–Kier alpha value is -1.92. The zero-order valence-corrected chi connectivity index (χ0v) is 13.1. The van der Waals surface area contributed by atoms with E-state index in [0.717, 1.165) is 36.2 Å². The maximum absolute atomic E-state index is 12.7. The molecule has 0 spiro atoms. The van der Waals surface area contributed by atoms with Crippen LogP contribution in [0.25, 0.3) is 0 Å². The number of nitrogens with zero attached hydrogens (tertiary/aromatic N) is 2. The van der Waals surface area contributed by atoms with Crippen LogP contribution in [0.15, 0.2) is 48.8 Å². The van der Waals surface area contributed by atoms with E-state index >= 15 is 0 Å². The topological polar surface area (TPSA) is 36.4 Å². The average Bonchev–Trinajstić information content (AvgIpc) is 2.94. The van der Waals surface area contributed by atoms with Gasteiger partial charge in [-0.15, -0.1) is 0 Å². The fourth-order valence-corrected chi connectivity index (χ4v) is 3.19. The number of aliphatic hydroxyl groups excluding tert-OH is 1. The zero-order valence-electron chi connectivity index (χ0n) is 13.1. The van der Waals surface area contributed by atoms with Gasteiger partial charge in [0.2, 0.25) is 0 Å². The number of hydrogen-bond acceptors (Lipinski definition) is 3. The molecule has 1 N–H and O–H groups in total. The molecule has 24 heavy (non-hydrogen) atoms. The number of pyridine rings is 1. The lowest BCUT2D eigenvalue weighted by Crippen LogP contribution is -2.27. The van der Waals surface area contributed by atoms with Crippen molar-refractivity contribution in [2.24, 2.45) is 0 Å². The number of aliphatic hydroxyl groups is 1. The first-order valence-corrected chi connectivity index (χ1v) is 7.91. The molecule has 2 heterocycles. The number of halogens is 3. The summed E-state index contributed by atoms with van der Waals surface area (Å²) in [6.45, 7) is 1.28. The minimum atomic E-state index is -4.32. The van der Waals surface area contributed by atoms with Crippen LogP contribution in [0.5, 0.6) is 0 Å². The summed E-state index contributed by atoms with van der Waals surface area (Å²) < 4.78 is 38.1. The molecule has 3 nitrogen and oxygen atoms in total. The summed E-state index contributed by atoms with van der Waals surface area (Å²) in [5.74, 6) is 0. The molecule has 1 aliphatic heterocycles. The Morgan fingerprint density at radius 2 is 1.75 bits per heavy atom. The molecular weight excluding hydrogens is 317 g/mol. The smallest absolute Gasteiger partial charge is 0.392 e. The van der Waals surface area contributed by atoms with Gasteiger partial charge in [0.1, 0.15) is 0 Å². The minimum Gasteiger partial charge on any atom is -0.392 e. The van der Waals surface area contributed by atoms with E-state index in [1.54, 1.807) is 12.4 Å². The summed E-state index contributed by atoms with van der Waals surface area (Å²) in [5.41, 5.74) is 1.32. The van der Waals surface area contributed by atoms with E-state index < -0.39 is 17.8 Å². The van der Waals surface area contributed by atoms with Crippen LogP contribution in [0.4, 0.5) is 13.2 Å². The zero-order chi connectivity index (χ0) is 17.2. The van der Waals surface area contributed by atoms with Crippen molar-refractivity contribution in [1.82, 2.24) is 9.88 Å². The van der Waals surface area contributed by atoms with Crippen LogP contribution in [0.2, 0.25) is 0 Å². The van der Waals surface area contributed by atoms with Crippen LogP contribution in [0, 0.1) is 0 Å². The molecule has 2 unspecified atom stereocenters. The lowest BCUT2D eigenvalue weighted by molar-refractivity contribution is -0.137. The first-order chi connectivity index (χ1) is 11.4. The highest BCUT2D eigenvalue weighted by Crippen LogP contribution is 2.35. The quantitative estimate of drug-likeness (QED) is 0.929. The van der Waals surface area contributed by atoms with E-state index in [-0.39, 0.29) is 6.04 Å². The van der Waals surface area contributed by atoms with Crippen molar-refractivity contribution in [3.63, 3.8) is 0 Å². The Labute approximate surface area is 138 Å². The van der Waals surface area contributed by atoms with Crippen molar-refractivity contribution in [2.45, 2.75) is 31.2 Å². The second-order valence-corrected chi connectivity index (χ2v) is 6.13. The lowest BCUT2D eigenvalue weighted by Gasteiger charge is -2.24. The highest BCUT2D eigenvalue weighted by atomic mass is 19.4. The van der Waals surface area contributed by atoms with Gasteiger partial charge >= 0.3 is 6.18 Å². The Bertz CT molecular complexity index is 658. The highest BCUT2D eigenvalue weighted by Gasteiger charge is 2.33. The van der Waals surface area contributed by atoms with Crippen LogP contribution in [0.3, 0.4) is 0 Å². The molecule has 2 atom stereocenters. The minimum absolute atomic E-state index is 0.0517. The van der Waals surface area contributed by atoms with Gasteiger partial charge in [-0.2, -0.15) is 13.2 Å². The Morgan fingerprint density at radius 1 is 1.08 bits per heavy atom. The van der Waals surface area contributed by atoms with Crippen molar-refractivity contribution < 1.29 is 18.3 Å². The molecule has 1 fully saturated rings. The van der Waals surface area contributed by atoms with Gasteiger partial charge in [-0.05, 0) is 48.2 Å². The van der Waals surface area contributed by atoms with E-state index in [1.165, 1.54) is 12.1 Å². The number of β-amino-alcohol motifs (C(OH)–C–C–N with tert-alkyl or cyclic N) is 1. The van der Waals surface area contributed by atoms with Crippen LogP contribution in [-0.4, -0.2) is 34.2 Å². The second-order valence-electron chi connectivity index (χ2n) is 6.13. The average molecular weight is 336 g/mol. The van der Waals surface area contributed by atoms with Crippen LogP contribution in [-0.2, 0) is 12.6 Å². The molecule has 0 saturated carbocycles. The molecule has 1 aliphatic rings. The van der Waals surface area contributed by atoms with Gasteiger partial charge in [0.15, 0.2) is 0 Å². The van der Waals surface area contributed by atoms with Gasteiger partial charge in [0.25, 0.3) is 0 Å². The number of aromatic nitrogens is 1. The van der Waals surface area contributed by atoms with Crippen molar-refractivity contribution in [2.75, 3.05) is 13.1 Å². The van der Waals surface area contributed by atoms with E-state index in [4.69, 9.17) is 0 Å². The number of rotatable bonds is 4. The summed E-state index contributed by atoms with van der Waals surface area (Å²) in [4.78, 5) is 6.11. The molecule has 1 saturated heterocycles. The second kappa shape index (κ2) is 6.91. The van der Waals surface area contributed by atoms with E-state index in [0.29, 0.717) is 13.0 Å². The molecule has 0 amide bonds. The van der Waals surface area contributed by atoms with Crippen molar-refractivity contribution in [3.05, 3.63) is 65.5 Å². The molecule has 6 heteroatoms. The summed E-state index contributed by atoms with van der Waals surface area (Å²) in [6, 6.07) is 9.10. The van der Waals surface area contributed by atoms with Crippen molar-refractivity contribution in [1.29, 1.82) is 0 Å². The lowest BCUT2D eigenvalue weighted by atomic mass is 10.0. The Morgan fingerprint density at radius 3 is 2.38 bits per heavy atom. The number of benzene rings is 1. The maximum atomic E-state index is 12.7. The first-order valence-electron chi connectivity index (χ1n) is 7.91. The molecule has 128 valence electrons. The molecule has 3 rings (SSSR count). The third-order valence-electron chi connectivity index (χ3n) is 4.44. The summed E-state index contributed by atoms with van der Waals surface area (Å²) in [5, 5.41) is 9.98. The Kier molecular flexibility index (Phi) is 4.87. The van der Waals surface area contributed by atoms with Gasteiger partial charge < -0.3 is 5.11 Å². The van der Waals surface area contributed by atoms with Crippen LogP contribution >= 0.6 is 0 Å². The van der Waals surface area contributed by atoms with E-state index in [9.17, 15) is 18.3 Å². The molecule has 2 aromatic rings. The summed E-state index contributed by atoms with van der Waals surface area (Å²) in [7, 11) is 0. The van der Waals surface area contributed by atoms with E-state index in [1.807, 2.05) is 12.1 Å². The SMILES string of the molecule is OC1CC(c2ccc(C(F)(F)F)cc2)N(CCc2ccncc2)C1. The molecule has 0 aliphatic carbocycles. The Balaban J connectivity index is 1.70. The fourth-order valence-electron chi connectivity index (χ4n) is 3.19. The third kappa shape index (κ3) is 3.94. The fraction of sp³-hybridized carbons (Fsp3) is 0.389. The van der Waals surface area contributed by atoms with Gasteiger partial charge in [-0.1, -0.05) is 12.1 Å². The highest BCUT2D eigenvalue weighted by molar-refractivity contribution is 5.27. The summed E-state index contributed by atoms with van der Waals surface area (Å²) >= 11 is 0. The molecule has 0 radical (unpaired) electrons. The van der Waals surface area contributed by atoms with Crippen molar-refractivity contribution in [3.8, 4) is 0 Å². The van der Waals surface area contributed by atoms with E-state index in [2.05, 4.69) is 9.88 Å².